The first-order valence-corrected chi connectivity index (χ1v) is 8.73. The molecule has 0 unspecified atom stereocenters. The number of hydrogen-bond donors (Lipinski definition) is 3. The lowest BCUT2D eigenvalue weighted by atomic mass is 9.86. The van der Waals surface area contributed by atoms with Gasteiger partial charge in [-0.1, -0.05) is 41.9 Å². The normalized spacial score (nSPS) is 16.2. The van der Waals surface area contributed by atoms with Gasteiger partial charge in [-0.25, -0.2) is 4.39 Å². The number of nitrogens with one attached hydrogen (secondary N) is 3. The van der Waals surface area contributed by atoms with Crippen molar-refractivity contribution in [3.05, 3.63) is 64.9 Å². The Morgan fingerprint density at radius 3 is 2.56 bits per heavy atom. The smallest absolute Gasteiger partial charge is 0.246 e. The summed E-state index contributed by atoms with van der Waals surface area (Å²) in [5.41, 5.74) is 0.953. The second-order valence-corrected chi connectivity index (χ2v) is 6.66. The maximum atomic E-state index is 13.4. The predicted octanol–water partition coefficient (Wildman–Crippen LogP) is 3.33. The second-order valence-electron chi connectivity index (χ2n) is 6.25. The minimum atomic E-state index is -0.735. The van der Waals surface area contributed by atoms with Crippen LogP contribution in [-0.4, -0.2) is 24.5 Å². The van der Waals surface area contributed by atoms with Crippen LogP contribution in [0, 0.1) is 5.82 Å². The number of amides is 1. The quantitative estimate of drug-likeness (QED) is 0.765. The highest BCUT2D eigenvalue weighted by atomic mass is 35.5. The molecule has 1 saturated heterocycles. The van der Waals surface area contributed by atoms with Crippen molar-refractivity contribution < 1.29 is 9.18 Å². The van der Waals surface area contributed by atoms with Crippen molar-refractivity contribution in [3.8, 4) is 0 Å². The molecule has 4 nitrogen and oxygen atoms in total. The molecule has 0 spiro atoms. The molecule has 25 heavy (non-hydrogen) atoms. The molecule has 1 aliphatic rings. The van der Waals surface area contributed by atoms with E-state index in [9.17, 15) is 9.18 Å². The van der Waals surface area contributed by atoms with Gasteiger partial charge in [-0.2, -0.15) is 0 Å². The first kappa shape index (κ1) is 17.7. The van der Waals surface area contributed by atoms with Gasteiger partial charge in [0.1, 0.15) is 11.4 Å². The fraction of sp³-hybridized carbons (Fsp3) is 0.316. The lowest BCUT2D eigenvalue weighted by molar-refractivity contribution is -0.126. The second kappa shape index (κ2) is 7.85. The van der Waals surface area contributed by atoms with E-state index in [4.69, 9.17) is 11.6 Å². The van der Waals surface area contributed by atoms with Gasteiger partial charge in [-0.15, -0.1) is 0 Å². The van der Waals surface area contributed by atoms with Gasteiger partial charge in [0.05, 0.1) is 5.02 Å². The highest BCUT2D eigenvalue weighted by molar-refractivity contribution is 6.31. The molecule has 0 radical (unpaired) electrons. The van der Waals surface area contributed by atoms with Gasteiger partial charge in [-0.3, -0.25) is 4.79 Å². The van der Waals surface area contributed by atoms with Gasteiger partial charge in [0.2, 0.25) is 5.91 Å². The van der Waals surface area contributed by atoms with E-state index in [2.05, 4.69) is 16.0 Å². The molecule has 3 rings (SSSR count). The van der Waals surface area contributed by atoms with Crippen molar-refractivity contribution in [3.63, 3.8) is 0 Å². The molecule has 2 aromatic rings. The van der Waals surface area contributed by atoms with Crippen LogP contribution in [0.1, 0.15) is 18.4 Å². The Kier molecular flexibility index (Phi) is 5.56. The minimum absolute atomic E-state index is 0.0405. The standard InChI is InChI=1S/C19H21ClFN3O/c20-16-12-15(6-7-17(16)21)24-19(8-10-22-11-9-19)18(25)23-13-14-4-2-1-3-5-14/h1-7,12,22,24H,8-11,13H2,(H,23,25). The van der Waals surface area contributed by atoms with Gasteiger partial charge >= 0.3 is 0 Å². The van der Waals surface area contributed by atoms with Gasteiger partial charge < -0.3 is 16.0 Å². The molecule has 3 N–H and O–H groups in total. The predicted molar refractivity (Wildman–Crippen MR) is 98.2 cm³/mol. The van der Waals surface area contributed by atoms with E-state index >= 15 is 0 Å². The van der Waals surface area contributed by atoms with Crippen LogP contribution in [0.25, 0.3) is 0 Å². The molecule has 132 valence electrons. The van der Waals surface area contributed by atoms with Crippen molar-refractivity contribution in [1.29, 1.82) is 0 Å². The molecule has 1 heterocycles. The summed E-state index contributed by atoms with van der Waals surface area (Å²) in [5, 5.41) is 9.62. The van der Waals surface area contributed by atoms with E-state index < -0.39 is 11.4 Å². The number of piperidine rings is 1. The third-order valence-corrected chi connectivity index (χ3v) is 4.78. The summed E-state index contributed by atoms with van der Waals surface area (Å²) in [5.74, 6) is -0.529. The maximum Gasteiger partial charge on any atom is 0.246 e. The molecular weight excluding hydrogens is 341 g/mol. The Balaban J connectivity index is 1.75. The average molecular weight is 362 g/mol. The number of hydrogen-bond acceptors (Lipinski definition) is 3. The number of carbonyl (C=O) groups is 1. The van der Waals surface area contributed by atoms with E-state index in [0.717, 1.165) is 18.7 Å². The number of benzene rings is 2. The lowest BCUT2D eigenvalue weighted by Crippen LogP contribution is -2.57. The zero-order chi connectivity index (χ0) is 17.7. The molecule has 2 aromatic carbocycles. The molecular formula is C19H21ClFN3O. The van der Waals surface area contributed by atoms with Crippen LogP contribution in [0.3, 0.4) is 0 Å². The van der Waals surface area contributed by atoms with Crippen LogP contribution >= 0.6 is 11.6 Å². The van der Waals surface area contributed by atoms with Crippen LogP contribution in [0.15, 0.2) is 48.5 Å². The van der Waals surface area contributed by atoms with Crippen molar-refractivity contribution in [2.75, 3.05) is 18.4 Å². The third-order valence-electron chi connectivity index (χ3n) is 4.49. The monoisotopic (exact) mass is 361 g/mol. The summed E-state index contributed by atoms with van der Waals surface area (Å²) in [6, 6.07) is 14.2. The van der Waals surface area contributed by atoms with E-state index in [1.807, 2.05) is 30.3 Å². The first-order valence-electron chi connectivity index (χ1n) is 8.35. The highest BCUT2D eigenvalue weighted by Crippen LogP contribution is 2.27. The molecule has 0 aromatic heterocycles. The zero-order valence-corrected chi connectivity index (χ0v) is 14.6. The van der Waals surface area contributed by atoms with E-state index in [1.165, 1.54) is 12.1 Å². The summed E-state index contributed by atoms with van der Waals surface area (Å²) < 4.78 is 13.4. The molecule has 0 bridgehead atoms. The average Bonchev–Trinajstić information content (AvgIpc) is 2.64. The van der Waals surface area contributed by atoms with Crippen LogP contribution < -0.4 is 16.0 Å². The Hall–Kier alpha value is -2.11. The molecule has 1 aliphatic heterocycles. The van der Waals surface area contributed by atoms with E-state index in [1.54, 1.807) is 6.07 Å². The van der Waals surface area contributed by atoms with Crippen LogP contribution in [-0.2, 0) is 11.3 Å². The number of carbonyl (C=O) groups excluding carboxylic acids is 1. The van der Waals surface area contributed by atoms with Crippen molar-refractivity contribution in [1.82, 2.24) is 10.6 Å². The zero-order valence-electron chi connectivity index (χ0n) is 13.8. The van der Waals surface area contributed by atoms with Gasteiger partial charge in [0, 0.05) is 12.2 Å². The topological polar surface area (TPSA) is 53.2 Å². The molecule has 1 fully saturated rings. The van der Waals surface area contributed by atoms with Crippen LogP contribution in [0.5, 0.6) is 0 Å². The molecule has 1 amide bonds. The molecule has 0 saturated carbocycles. The summed E-state index contributed by atoms with van der Waals surface area (Å²) in [7, 11) is 0. The van der Waals surface area contributed by atoms with Crippen LogP contribution in [0.4, 0.5) is 10.1 Å². The number of rotatable bonds is 5. The van der Waals surface area contributed by atoms with Gasteiger partial charge in [0.15, 0.2) is 0 Å². The Labute approximate surface area is 151 Å². The summed E-state index contributed by atoms with van der Waals surface area (Å²) in [4.78, 5) is 12.9. The van der Waals surface area contributed by atoms with E-state index in [0.29, 0.717) is 25.1 Å². The Bertz CT molecular complexity index is 733. The summed E-state index contributed by atoms with van der Waals surface area (Å²) >= 11 is 5.87. The SMILES string of the molecule is O=C(NCc1ccccc1)C1(Nc2ccc(F)c(Cl)c2)CCNCC1. The van der Waals surface area contributed by atoms with Gasteiger partial charge in [-0.05, 0) is 49.7 Å². The Morgan fingerprint density at radius 2 is 1.88 bits per heavy atom. The highest BCUT2D eigenvalue weighted by Gasteiger charge is 2.39. The summed E-state index contributed by atoms with van der Waals surface area (Å²) in [6.07, 6.45) is 1.28. The maximum absolute atomic E-state index is 13.4. The summed E-state index contributed by atoms with van der Waals surface area (Å²) in [6.45, 7) is 1.95. The Morgan fingerprint density at radius 1 is 1.16 bits per heavy atom. The third kappa shape index (κ3) is 4.30. The molecule has 0 aliphatic carbocycles. The fourth-order valence-corrected chi connectivity index (χ4v) is 3.24. The lowest BCUT2D eigenvalue weighted by Gasteiger charge is -2.38. The van der Waals surface area contributed by atoms with E-state index in [-0.39, 0.29) is 10.9 Å². The van der Waals surface area contributed by atoms with Crippen molar-refractivity contribution in [2.45, 2.75) is 24.9 Å². The molecule has 6 heteroatoms. The number of halogens is 2. The van der Waals surface area contributed by atoms with Crippen LogP contribution in [0.2, 0.25) is 5.02 Å². The molecule has 0 atom stereocenters. The first-order chi connectivity index (χ1) is 12.1. The van der Waals surface area contributed by atoms with Gasteiger partial charge in [0.25, 0.3) is 0 Å². The fourth-order valence-electron chi connectivity index (χ4n) is 3.06. The largest absolute Gasteiger partial charge is 0.371 e. The van der Waals surface area contributed by atoms with Crippen molar-refractivity contribution >= 4 is 23.2 Å². The van der Waals surface area contributed by atoms with Crippen molar-refractivity contribution in [2.24, 2.45) is 0 Å². The number of anilines is 1. The minimum Gasteiger partial charge on any atom is -0.371 e.